The van der Waals surface area contributed by atoms with E-state index in [0.29, 0.717) is 60.4 Å². The summed E-state index contributed by atoms with van der Waals surface area (Å²) in [5, 5.41) is 13.5. The Kier molecular flexibility index (Phi) is 8.91. The maximum Gasteiger partial charge on any atom is 0.260 e. The highest BCUT2D eigenvalue weighted by atomic mass is 16.5. The van der Waals surface area contributed by atoms with Crippen LogP contribution in [-0.2, 0) is 11.2 Å². The maximum absolute atomic E-state index is 13.5. The molecule has 1 aromatic heterocycles. The summed E-state index contributed by atoms with van der Waals surface area (Å²) >= 11 is 0. The van der Waals surface area contributed by atoms with Crippen LogP contribution in [0, 0.1) is 0 Å². The highest BCUT2D eigenvalue weighted by molar-refractivity contribution is 5.84. The van der Waals surface area contributed by atoms with Gasteiger partial charge in [0.15, 0.2) is 35.0 Å². The largest absolute Gasteiger partial charge is 0.507 e. The number of piperazine rings is 1. The number of aromatic hydroxyl groups is 1. The fourth-order valence-corrected chi connectivity index (χ4v) is 5.35. The van der Waals surface area contributed by atoms with Crippen molar-refractivity contribution in [2.75, 3.05) is 54.7 Å². The van der Waals surface area contributed by atoms with Gasteiger partial charge < -0.3 is 43.4 Å². The first-order chi connectivity index (χ1) is 20.9. The highest BCUT2D eigenvalue weighted by Gasteiger charge is 2.29. The molecule has 4 aromatic rings. The zero-order chi connectivity index (χ0) is 30.5. The van der Waals surface area contributed by atoms with Gasteiger partial charge in [0.05, 0.1) is 28.4 Å². The summed E-state index contributed by atoms with van der Waals surface area (Å²) in [5.41, 5.74) is 1.31. The Labute approximate surface area is 248 Å². The van der Waals surface area contributed by atoms with E-state index in [1.54, 1.807) is 56.6 Å². The van der Waals surface area contributed by atoms with Crippen LogP contribution in [0.3, 0.4) is 0 Å². The monoisotopic (exact) mass is 590 g/mol. The molecule has 1 aliphatic heterocycles. The molecule has 11 heteroatoms. The quantitative estimate of drug-likeness (QED) is 0.283. The standard InChI is InChI=1S/C32H34N2O9/c1-38-24-10-8-19(27-16-23(36)30-22(35)6-5-7-25(30)43-27)15-28(24)42-18-29(37)34-13-12-33-17-21(34)14-20-9-11-26(39-2)32(41-4)31(20)40-3/h5-11,15-16,21,33,35H,12-14,17-18H2,1-4H3. The summed E-state index contributed by atoms with van der Waals surface area (Å²) in [6.45, 7) is 1.53. The molecular formula is C32H34N2O9. The normalized spacial score (nSPS) is 14.8. The summed E-state index contributed by atoms with van der Waals surface area (Å²) in [6.07, 6.45) is 0.525. The lowest BCUT2D eigenvalue weighted by Gasteiger charge is -2.36. The van der Waals surface area contributed by atoms with Crippen molar-refractivity contribution in [3.05, 3.63) is 70.4 Å². The van der Waals surface area contributed by atoms with Crippen molar-refractivity contribution in [1.82, 2.24) is 10.2 Å². The fraction of sp³-hybridized carbons (Fsp3) is 0.312. The van der Waals surface area contributed by atoms with E-state index in [9.17, 15) is 14.7 Å². The molecule has 43 heavy (non-hydrogen) atoms. The number of hydrogen-bond donors (Lipinski definition) is 2. The number of benzene rings is 3. The molecule has 0 radical (unpaired) electrons. The molecule has 2 heterocycles. The number of nitrogens with zero attached hydrogens (tertiary/aromatic N) is 1. The lowest BCUT2D eigenvalue weighted by Crippen LogP contribution is -2.55. The lowest BCUT2D eigenvalue weighted by atomic mass is 10.0. The molecule has 0 bridgehead atoms. The zero-order valence-electron chi connectivity index (χ0n) is 24.5. The topological polar surface area (TPSA) is 129 Å². The van der Waals surface area contributed by atoms with Crippen molar-refractivity contribution in [1.29, 1.82) is 0 Å². The van der Waals surface area contributed by atoms with Crippen molar-refractivity contribution in [3.8, 4) is 45.8 Å². The molecule has 1 aliphatic rings. The van der Waals surface area contributed by atoms with E-state index in [-0.39, 0.29) is 46.5 Å². The number of ether oxygens (including phenoxy) is 5. The Morgan fingerprint density at radius 1 is 0.953 bits per heavy atom. The van der Waals surface area contributed by atoms with E-state index >= 15 is 0 Å². The molecule has 226 valence electrons. The third kappa shape index (κ3) is 6.02. The van der Waals surface area contributed by atoms with Crippen molar-refractivity contribution < 1.29 is 38.0 Å². The van der Waals surface area contributed by atoms with Crippen LogP contribution in [0.15, 0.2) is 63.8 Å². The second-order valence-electron chi connectivity index (χ2n) is 9.92. The smallest absolute Gasteiger partial charge is 0.260 e. The Balaban J connectivity index is 1.35. The Hall–Kier alpha value is -4.90. The van der Waals surface area contributed by atoms with Gasteiger partial charge in [-0.3, -0.25) is 9.59 Å². The van der Waals surface area contributed by atoms with Crippen LogP contribution in [0.2, 0.25) is 0 Å². The summed E-state index contributed by atoms with van der Waals surface area (Å²) in [7, 11) is 6.20. The number of amides is 1. The van der Waals surface area contributed by atoms with Gasteiger partial charge in [-0.15, -0.1) is 0 Å². The number of nitrogens with one attached hydrogen (secondary N) is 1. The number of rotatable bonds is 10. The Morgan fingerprint density at radius 2 is 1.72 bits per heavy atom. The predicted molar refractivity (Wildman–Crippen MR) is 160 cm³/mol. The van der Waals surface area contributed by atoms with E-state index in [1.165, 1.54) is 19.2 Å². The Bertz CT molecular complexity index is 1680. The van der Waals surface area contributed by atoms with E-state index < -0.39 is 0 Å². The van der Waals surface area contributed by atoms with Crippen LogP contribution < -0.4 is 34.4 Å². The number of hydrogen-bond acceptors (Lipinski definition) is 10. The van der Waals surface area contributed by atoms with Gasteiger partial charge in [0.2, 0.25) is 5.75 Å². The van der Waals surface area contributed by atoms with E-state index in [0.717, 1.165) is 5.56 Å². The summed E-state index contributed by atoms with van der Waals surface area (Å²) < 4.78 is 34.0. The van der Waals surface area contributed by atoms with Crippen LogP contribution >= 0.6 is 0 Å². The minimum atomic E-state index is -0.376. The van der Waals surface area contributed by atoms with Crippen LogP contribution in [0.1, 0.15) is 5.56 Å². The summed E-state index contributed by atoms with van der Waals surface area (Å²) in [6, 6.07) is 14.6. The van der Waals surface area contributed by atoms with E-state index in [2.05, 4.69) is 5.32 Å². The molecule has 0 saturated carbocycles. The second kappa shape index (κ2) is 13.0. The van der Waals surface area contributed by atoms with Gasteiger partial charge in [-0.25, -0.2) is 0 Å². The predicted octanol–water partition coefficient (Wildman–Crippen LogP) is 3.62. The molecule has 0 aliphatic carbocycles. The fourth-order valence-electron chi connectivity index (χ4n) is 5.35. The molecule has 1 atom stereocenters. The molecule has 1 amide bonds. The third-order valence-electron chi connectivity index (χ3n) is 7.44. The molecule has 3 aromatic carbocycles. The average Bonchev–Trinajstić information content (AvgIpc) is 3.03. The SMILES string of the molecule is COc1ccc(-c2cc(=O)c3c(O)cccc3o2)cc1OCC(=O)N1CCNCC1Cc1ccc(OC)c(OC)c1OC. The van der Waals surface area contributed by atoms with E-state index in [4.69, 9.17) is 28.1 Å². The molecule has 11 nitrogen and oxygen atoms in total. The molecule has 5 rings (SSSR count). The van der Waals surface area contributed by atoms with Crippen LogP contribution in [0.4, 0.5) is 0 Å². The highest BCUT2D eigenvalue weighted by Crippen LogP contribution is 2.40. The second-order valence-corrected chi connectivity index (χ2v) is 9.92. The number of phenolic OH excluding ortho intramolecular Hbond substituents is 1. The van der Waals surface area contributed by atoms with Gasteiger partial charge in [-0.05, 0) is 42.8 Å². The van der Waals surface area contributed by atoms with Gasteiger partial charge in [0, 0.05) is 42.9 Å². The molecule has 1 unspecified atom stereocenters. The van der Waals surface area contributed by atoms with Gasteiger partial charge in [0.1, 0.15) is 22.5 Å². The summed E-state index contributed by atoms with van der Waals surface area (Å²) in [4.78, 5) is 28.0. The molecule has 0 spiro atoms. The van der Waals surface area contributed by atoms with Gasteiger partial charge in [-0.1, -0.05) is 12.1 Å². The van der Waals surface area contributed by atoms with Gasteiger partial charge in [0.25, 0.3) is 5.91 Å². The third-order valence-corrected chi connectivity index (χ3v) is 7.44. The minimum Gasteiger partial charge on any atom is -0.507 e. The van der Waals surface area contributed by atoms with Gasteiger partial charge >= 0.3 is 0 Å². The molecular weight excluding hydrogens is 556 g/mol. The molecule has 1 fully saturated rings. The number of methoxy groups -OCH3 is 4. The molecule has 1 saturated heterocycles. The van der Waals surface area contributed by atoms with Crippen molar-refractivity contribution in [3.63, 3.8) is 0 Å². The van der Waals surface area contributed by atoms with Crippen LogP contribution in [0.5, 0.6) is 34.5 Å². The lowest BCUT2D eigenvalue weighted by molar-refractivity contribution is -0.136. The van der Waals surface area contributed by atoms with Crippen molar-refractivity contribution in [2.24, 2.45) is 0 Å². The Morgan fingerprint density at radius 3 is 2.47 bits per heavy atom. The zero-order valence-corrected chi connectivity index (χ0v) is 24.5. The van der Waals surface area contributed by atoms with Gasteiger partial charge in [-0.2, -0.15) is 0 Å². The average molecular weight is 591 g/mol. The first kappa shape index (κ1) is 29.6. The maximum atomic E-state index is 13.5. The van der Waals surface area contributed by atoms with Crippen LogP contribution in [0.25, 0.3) is 22.3 Å². The van der Waals surface area contributed by atoms with Crippen molar-refractivity contribution >= 4 is 16.9 Å². The van der Waals surface area contributed by atoms with Crippen molar-refractivity contribution in [2.45, 2.75) is 12.5 Å². The number of carbonyl (C=O) groups is 1. The number of phenols is 1. The minimum absolute atomic E-state index is 0.109. The summed E-state index contributed by atoms with van der Waals surface area (Å²) in [5.74, 6) is 2.31. The van der Waals surface area contributed by atoms with Crippen LogP contribution in [-0.4, -0.2) is 76.6 Å². The van der Waals surface area contributed by atoms with E-state index in [1.807, 2.05) is 12.1 Å². The molecule has 2 N–H and O–H groups in total. The number of carbonyl (C=O) groups excluding carboxylic acids is 1. The first-order valence-corrected chi connectivity index (χ1v) is 13.7. The first-order valence-electron chi connectivity index (χ1n) is 13.7. The number of fused-ring (bicyclic) bond motifs is 1.